The van der Waals surface area contributed by atoms with Crippen LogP contribution in [0.25, 0.3) is 28.1 Å². The zero-order valence-corrected chi connectivity index (χ0v) is 16.2. The van der Waals surface area contributed by atoms with E-state index in [2.05, 4.69) is 10.4 Å². The highest BCUT2D eigenvalue weighted by Gasteiger charge is 2.17. The molecule has 1 amide bonds. The van der Waals surface area contributed by atoms with Gasteiger partial charge in [-0.15, -0.1) is 0 Å². The fourth-order valence-corrected chi connectivity index (χ4v) is 3.99. The highest BCUT2D eigenvalue weighted by Crippen LogP contribution is 2.27. The maximum atomic E-state index is 12.5. The molecule has 0 bridgehead atoms. The molecule has 146 valence electrons. The van der Waals surface area contributed by atoms with Gasteiger partial charge in [-0.1, -0.05) is 37.5 Å². The normalized spacial score (nSPS) is 14.9. The second-order valence-electron chi connectivity index (χ2n) is 7.65. The van der Waals surface area contributed by atoms with E-state index in [0.717, 1.165) is 41.0 Å². The monoisotopic (exact) mass is 385 g/mol. The van der Waals surface area contributed by atoms with Crippen LogP contribution in [0.4, 0.5) is 0 Å². The maximum Gasteiger partial charge on any atom is 0.251 e. The Morgan fingerprint density at radius 2 is 1.79 bits per heavy atom. The van der Waals surface area contributed by atoms with Gasteiger partial charge in [-0.25, -0.2) is 4.68 Å². The molecule has 0 aliphatic heterocycles. The van der Waals surface area contributed by atoms with Gasteiger partial charge in [0.05, 0.1) is 5.69 Å². The van der Waals surface area contributed by atoms with Crippen LogP contribution in [0.5, 0.6) is 0 Å². The van der Waals surface area contributed by atoms with Gasteiger partial charge in [0.2, 0.25) is 0 Å². The molecule has 0 unspecified atom stereocenters. The van der Waals surface area contributed by atoms with Crippen molar-refractivity contribution in [1.29, 1.82) is 0 Å². The number of fused-ring (bicyclic) bond motifs is 1. The molecule has 0 saturated heterocycles. The van der Waals surface area contributed by atoms with Gasteiger partial charge in [0, 0.05) is 23.2 Å². The van der Waals surface area contributed by atoms with E-state index in [0.29, 0.717) is 11.6 Å². The molecule has 5 heteroatoms. The number of hydrogen-bond donors (Lipinski definition) is 1. The van der Waals surface area contributed by atoms with Crippen molar-refractivity contribution in [2.24, 2.45) is 0 Å². The van der Waals surface area contributed by atoms with Crippen molar-refractivity contribution in [1.82, 2.24) is 15.1 Å². The second-order valence-corrected chi connectivity index (χ2v) is 7.65. The van der Waals surface area contributed by atoms with Crippen LogP contribution >= 0.6 is 0 Å². The summed E-state index contributed by atoms with van der Waals surface area (Å²) in [6, 6.07) is 19.7. The van der Waals surface area contributed by atoms with E-state index in [-0.39, 0.29) is 5.91 Å². The molecule has 1 aliphatic rings. The lowest BCUT2D eigenvalue weighted by molar-refractivity contribution is 0.0927. The Labute approximate surface area is 169 Å². The summed E-state index contributed by atoms with van der Waals surface area (Å²) >= 11 is 0. The van der Waals surface area contributed by atoms with Gasteiger partial charge in [0.15, 0.2) is 5.76 Å². The Bertz CT molecular complexity index is 1100. The molecule has 1 aliphatic carbocycles. The summed E-state index contributed by atoms with van der Waals surface area (Å²) in [5, 5.41) is 8.86. The van der Waals surface area contributed by atoms with Crippen molar-refractivity contribution < 1.29 is 9.21 Å². The van der Waals surface area contributed by atoms with E-state index < -0.39 is 0 Å². The van der Waals surface area contributed by atoms with E-state index in [1.54, 1.807) is 4.68 Å². The molecule has 1 N–H and O–H groups in total. The molecule has 5 nitrogen and oxygen atoms in total. The van der Waals surface area contributed by atoms with E-state index in [1.165, 1.54) is 19.3 Å². The van der Waals surface area contributed by atoms with Gasteiger partial charge >= 0.3 is 0 Å². The van der Waals surface area contributed by atoms with Crippen LogP contribution in [0.15, 0.2) is 71.3 Å². The Kier molecular flexibility index (Phi) is 4.64. The van der Waals surface area contributed by atoms with E-state index in [4.69, 9.17) is 4.42 Å². The molecule has 0 radical (unpaired) electrons. The number of carbonyl (C=O) groups excluding carboxylic acids is 1. The number of carbonyl (C=O) groups is 1. The Morgan fingerprint density at radius 3 is 2.59 bits per heavy atom. The zero-order chi connectivity index (χ0) is 19.6. The average Bonchev–Trinajstić information content (AvgIpc) is 3.42. The minimum atomic E-state index is 0.00637. The molecule has 2 heterocycles. The van der Waals surface area contributed by atoms with Gasteiger partial charge in [0.1, 0.15) is 11.3 Å². The first-order valence-electron chi connectivity index (χ1n) is 10.2. The van der Waals surface area contributed by atoms with E-state index in [9.17, 15) is 4.79 Å². The smallest absolute Gasteiger partial charge is 0.251 e. The summed E-state index contributed by atoms with van der Waals surface area (Å²) in [6.07, 6.45) is 7.76. The molecule has 5 rings (SSSR count). The average molecular weight is 385 g/mol. The van der Waals surface area contributed by atoms with Gasteiger partial charge < -0.3 is 9.73 Å². The highest BCUT2D eigenvalue weighted by molar-refractivity contribution is 5.94. The lowest BCUT2D eigenvalue weighted by Gasteiger charge is -2.22. The van der Waals surface area contributed by atoms with Crippen molar-refractivity contribution in [3.63, 3.8) is 0 Å². The largest absolute Gasteiger partial charge is 0.454 e. The molecule has 0 spiro atoms. The van der Waals surface area contributed by atoms with Gasteiger partial charge in [-0.3, -0.25) is 4.79 Å². The van der Waals surface area contributed by atoms with Crippen LogP contribution in [-0.2, 0) is 0 Å². The van der Waals surface area contributed by atoms with Gasteiger partial charge in [0.25, 0.3) is 5.91 Å². The van der Waals surface area contributed by atoms with Crippen LogP contribution in [0.3, 0.4) is 0 Å². The number of rotatable bonds is 4. The molecule has 29 heavy (non-hydrogen) atoms. The Balaban J connectivity index is 1.32. The molecular weight excluding hydrogens is 362 g/mol. The molecule has 2 aromatic carbocycles. The van der Waals surface area contributed by atoms with E-state index >= 15 is 0 Å². The number of amides is 1. The predicted octanol–water partition coefficient (Wildman–Crippen LogP) is 5.35. The summed E-state index contributed by atoms with van der Waals surface area (Å²) in [6.45, 7) is 0. The maximum absolute atomic E-state index is 12.5. The topological polar surface area (TPSA) is 60.1 Å². The SMILES string of the molecule is O=C(NC1CCCCC1)c1ccc(-n2ccc(-c3cc4ccccc4o3)n2)cc1. The number of nitrogens with one attached hydrogen (secondary N) is 1. The first-order valence-corrected chi connectivity index (χ1v) is 10.2. The Hall–Kier alpha value is -3.34. The number of benzene rings is 2. The quantitative estimate of drug-likeness (QED) is 0.515. The predicted molar refractivity (Wildman–Crippen MR) is 113 cm³/mol. The summed E-state index contributed by atoms with van der Waals surface area (Å²) in [5.74, 6) is 0.750. The van der Waals surface area contributed by atoms with E-state index in [1.807, 2.05) is 66.9 Å². The number of aromatic nitrogens is 2. The second kappa shape index (κ2) is 7.59. The fourth-order valence-electron chi connectivity index (χ4n) is 3.99. The molecule has 4 aromatic rings. The van der Waals surface area contributed by atoms with Crippen molar-refractivity contribution >= 4 is 16.9 Å². The number of hydrogen-bond acceptors (Lipinski definition) is 3. The fraction of sp³-hybridized carbons (Fsp3) is 0.250. The zero-order valence-electron chi connectivity index (χ0n) is 16.2. The van der Waals surface area contributed by atoms with Crippen LogP contribution in [0.2, 0.25) is 0 Å². The summed E-state index contributed by atoms with van der Waals surface area (Å²) in [5.41, 5.74) is 3.22. The third-order valence-corrected chi connectivity index (χ3v) is 5.60. The summed E-state index contributed by atoms with van der Waals surface area (Å²) < 4.78 is 7.69. The molecular formula is C24H23N3O2. The first kappa shape index (κ1) is 17.7. The molecule has 2 aromatic heterocycles. The van der Waals surface area contributed by atoms with Crippen molar-refractivity contribution in [3.8, 4) is 17.1 Å². The van der Waals surface area contributed by atoms with Gasteiger partial charge in [-0.2, -0.15) is 5.10 Å². The minimum absolute atomic E-state index is 0.00637. The van der Waals surface area contributed by atoms with Crippen LogP contribution in [0, 0.1) is 0 Å². The van der Waals surface area contributed by atoms with Crippen molar-refractivity contribution in [2.45, 2.75) is 38.1 Å². The third-order valence-electron chi connectivity index (χ3n) is 5.60. The van der Waals surface area contributed by atoms with Crippen molar-refractivity contribution in [2.75, 3.05) is 0 Å². The first-order chi connectivity index (χ1) is 14.3. The van der Waals surface area contributed by atoms with Gasteiger partial charge in [-0.05, 0) is 55.3 Å². The summed E-state index contributed by atoms with van der Waals surface area (Å²) in [4.78, 5) is 12.5. The van der Waals surface area contributed by atoms with Crippen LogP contribution in [-0.4, -0.2) is 21.7 Å². The Morgan fingerprint density at radius 1 is 1.00 bits per heavy atom. The highest BCUT2D eigenvalue weighted by atomic mass is 16.3. The molecule has 1 saturated carbocycles. The minimum Gasteiger partial charge on any atom is -0.454 e. The lowest BCUT2D eigenvalue weighted by atomic mass is 9.95. The lowest BCUT2D eigenvalue weighted by Crippen LogP contribution is -2.36. The number of para-hydroxylation sites is 1. The number of nitrogens with zero attached hydrogens (tertiary/aromatic N) is 2. The third kappa shape index (κ3) is 3.68. The van der Waals surface area contributed by atoms with Crippen molar-refractivity contribution in [3.05, 3.63) is 72.4 Å². The molecule has 1 fully saturated rings. The number of furan rings is 1. The van der Waals surface area contributed by atoms with Crippen LogP contribution in [0.1, 0.15) is 42.5 Å². The summed E-state index contributed by atoms with van der Waals surface area (Å²) in [7, 11) is 0. The standard InChI is InChI=1S/C24H23N3O2/c28-24(25-19-7-2-1-3-8-19)17-10-12-20(13-11-17)27-15-14-21(26-27)23-16-18-6-4-5-9-22(18)29-23/h4-6,9-16,19H,1-3,7-8H2,(H,25,28). The van der Waals surface area contributed by atoms with Crippen LogP contribution < -0.4 is 5.32 Å². The molecule has 0 atom stereocenters.